The van der Waals surface area contributed by atoms with Crippen molar-refractivity contribution >= 4 is 25.7 Å². The average Bonchev–Trinajstić information content (AvgIpc) is 3.43. The van der Waals surface area contributed by atoms with E-state index in [2.05, 4.69) is 124 Å². The fourth-order valence-electron chi connectivity index (χ4n) is 7.57. The second-order valence-corrected chi connectivity index (χ2v) is 20.8. The van der Waals surface area contributed by atoms with Crippen LogP contribution in [0, 0.1) is 0 Å². The van der Waals surface area contributed by atoms with Crippen molar-refractivity contribution in [2.75, 3.05) is 26.4 Å². The van der Waals surface area contributed by atoms with Crippen LogP contribution in [-0.4, -0.2) is 66.5 Å². The molecule has 0 aliphatic heterocycles. The fraction of sp³-hybridized carbons (Fsp3) is 0.621. The first-order valence-corrected chi connectivity index (χ1v) is 31.6. The van der Waals surface area contributed by atoms with E-state index in [9.17, 15) is 28.9 Å². The van der Waals surface area contributed by atoms with Crippen molar-refractivity contribution in [2.45, 2.75) is 238 Å². The van der Waals surface area contributed by atoms with Gasteiger partial charge in [0.05, 0.1) is 19.8 Å². The van der Waals surface area contributed by atoms with Gasteiger partial charge >= 0.3 is 25.7 Å². The minimum absolute atomic E-state index is 0.0447. The zero-order valence-corrected chi connectivity index (χ0v) is 49.7. The van der Waals surface area contributed by atoms with Crippen molar-refractivity contribution in [1.29, 1.82) is 0 Å². The molecule has 0 aliphatic carbocycles. The van der Waals surface area contributed by atoms with E-state index in [4.69, 9.17) is 23.3 Å². The lowest BCUT2D eigenvalue weighted by atomic mass is 10.1. The van der Waals surface area contributed by atoms with Crippen LogP contribution in [0.15, 0.2) is 134 Å². The van der Waals surface area contributed by atoms with Gasteiger partial charge in [-0.15, -0.1) is 0 Å². The summed E-state index contributed by atoms with van der Waals surface area (Å²) >= 11 is 0. The summed E-state index contributed by atoms with van der Waals surface area (Å²) in [6.45, 7) is 4.24. The molecule has 0 aliphatic rings. The number of phosphoric acid groups is 1. The van der Waals surface area contributed by atoms with Gasteiger partial charge in [0.15, 0.2) is 6.10 Å². The number of aliphatic hydroxyl groups is 1. The minimum Gasteiger partial charge on any atom is -0.462 e. The normalized spacial score (nSPS) is 14.3. The molecule has 2 N–H and O–H groups in total. The highest BCUT2D eigenvalue weighted by Crippen LogP contribution is 2.43. The predicted octanol–water partition coefficient (Wildman–Crippen LogP) is 18.1. The SMILES string of the molecule is CC/C=C\C/C=C\C/C=C\C/C=C\C/C=C\C/C=C\CCC(=O)OCC(COP(=O)(O)OCC(CO)OC(=O)CC/C=C\C/C=C\C/C=C\C/C=C\CC)OC(=O)CCCCCCCCCCC/C=C\CCCCCCCC. The Bertz CT molecular complexity index is 1820. The number of phosphoric ester groups is 1. The molecule has 0 aromatic heterocycles. The van der Waals surface area contributed by atoms with Gasteiger partial charge in [-0.3, -0.25) is 23.4 Å². The summed E-state index contributed by atoms with van der Waals surface area (Å²) < 4.78 is 39.4. The zero-order chi connectivity index (χ0) is 56.9. The number of rotatable bonds is 54. The van der Waals surface area contributed by atoms with Gasteiger partial charge in [-0.1, -0.05) is 231 Å². The highest BCUT2D eigenvalue weighted by atomic mass is 31.2. The highest BCUT2D eigenvalue weighted by Gasteiger charge is 2.28. The van der Waals surface area contributed by atoms with E-state index in [-0.39, 0.29) is 25.9 Å². The third-order valence-electron chi connectivity index (χ3n) is 12.1. The van der Waals surface area contributed by atoms with Gasteiger partial charge in [-0.25, -0.2) is 4.57 Å². The lowest BCUT2D eigenvalue weighted by molar-refractivity contribution is -0.161. The third kappa shape index (κ3) is 56.3. The van der Waals surface area contributed by atoms with Crippen LogP contribution in [0.2, 0.25) is 0 Å². The number of aliphatic hydroxyl groups excluding tert-OH is 1. The molecule has 3 atom stereocenters. The molecule has 12 heteroatoms. The van der Waals surface area contributed by atoms with Gasteiger partial charge in [0.1, 0.15) is 12.7 Å². The predicted molar refractivity (Wildman–Crippen MR) is 325 cm³/mol. The Morgan fingerprint density at radius 3 is 1.10 bits per heavy atom. The number of ether oxygens (including phenoxy) is 3. The molecule has 78 heavy (non-hydrogen) atoms. The summed E-state index contributed by atoms with van der Waals surface area (Å²) in [5.41, 5.74) is 0. The molecule has 0 heterocycles. The smallest absolute Gasteiger partial charge is 0.462 e. The van der Waals surface area contributed by atoms with Crippen LogP contribution in [0.3, 0.4) is 0 Å². The molecule has 0 saturated carbocycles. The highest BCUT2D eigenvalue weighted by molar-refractivity contribution is 7.47. The first-order chi connectivity index (χ1) is 38.2. The van der Waals surface area contributed by atoms with Gasteiger partial charge < -0.3 is 24.2 Å². The number of esters is 3. The average molecular weight is 1110 g/mol. The molecule has 0 spiro atoms. The molecule has 442 valence electrons. The Kier molecular flexibility index (Phi) is 55.5. The molecule has 0 bridgehead atoms. The van der Waals surface area contributed by atoms with Crippen LogP contribution in [0.5, 0.6) is 0 Å². The molecule has 0 radical (unpaired) electrons. The molecule has 0 fully saturated rings. The lowest BCUT2D eigenvalue weighted by Crippen LogP contribution is -2.30. The number of hydrogen-bond donors (Lipinski definition) is 2. The summed E-state index contributed by atoms with van der Waals surface area (Å²) in [6.07, 6.45) is 74.5. The van der Waals surface area contributed by atoms with E-state index in [1.807, 2.05) is 30.4 Å². The standard InChI is InChI=1S/C66H107O11P/c1-4-7-10-13-16-19-22-25-27-29-31-33-35-38-40-43-46-49-52-55-64(68)73-59-63(77-66(70)57-54-51-48-45-42-39-36-34-32-30-28-26-23-20-17-14-11-8-5-2)61-75-78(71,72)74-60-62(58-67)76-65(69)56-53-50-47-44-41-37-24-21-18-15-12-9-6-3/h7,9-10,12,16,18-19,21,25-28,31,33,37-38,40-41,46-47,49-50,62-63,67H,4-6,8,11,13-15,17,20,22-24,29-30,32,34-36,39,42-45,48,51-61H2,1-3H3,(H,71,72)/b10-7-,12-9-,19-16-,21-18-,27-25-,28-26-,33-31-,40-38-,41-37-,49-46-,50-47-. The quantitative estimate of drug-likeness (QED) is 0.0197. The Labute approximate surface area is 474 Å². The minimum atomic E-state index is -4.79. The van der Waals surface area contributed by atoms with Crippen molar-refractivity contribution in [3.05, 3.63) is 134 Å². The lowest BCUT2D eigenvalue weighted by Gasteiger charge is -2.21. The van der Waals surface area contributed by atoms with E-state index >= 15 is 0 Å². The van der Waals surface area contributed by atoms with Crippen LogP contribution >= 0.6 is 7.82 Å². The van der Waals surface area contributed by atoms with E-state index < -0.39 is 57.8 Å². The topological polar surface area (TPSA) is 155 Å². The fourth-order valence-corrected chi connectivity index (χ4v) is 8.35. The third-order valence-corrected chi connectivity index (χ3v) is 13.0. The summed E-state index contributed by atoms with van der Waals surface area (Å²) in [4.78, 5) is 48.5. The van der Waals surface area contributed by atoms with Crippen LogP contribution in [0.4, 0.5) is 0 Å². The summed E-state index contributed by atoms with van der Waals surface area (Å²) in [6, 6.07) is 0. The Morgan fingerprint density at radius 2 is 0.692 bits per heavy atom. The maximum absolute atomic E-state index is 12.9. The van der Waals surface area contributed by atoms with Gasteiger partial charge in [-0.2, -0.15) is 0 Å². The Balaban J connectivity index is 4.89. The van der Waals surface area contributed by atoms with Crippen molar-refractivity contribution in [3.8, 4) is 0 Å². The number of unbranched alkanes of at least 4 members (excludes halogenated alkanes) is 15. The molecule has 11 nitrogen and oxygen atoms in total. The molecular weight excluding hydrogens is 1000 g/mol. The molecular formula is C66H107O11P. The number of carbonyl (C=O) groups excluding carboxylic acids is 3. The first kappa shape index (κ1) is 73.6. The summed E-state index contributed by atoms with van der Waals surface area (Å²) in [5.74, 6) is -1.67. The molecule has 0 rings (SSSR count). The van der Waals surface area contributed by atoms with Crippen molar-refractivity contribution in [2.24, 2.45) is 0 Å². The number of allylic oxidation sites excluding steroid dienone is 22. The van der Waals surface area contributed by atoms with E-state index in [0.717, 1.165) is 89.9 Å². The number of carbonyl (C=O) groups is 3. The summed E-state index contributed by atoms with van der Waals surface area (Å²) in [7, 11) is -4.79. The van der Waals surface area contributed by atoms with Gasteiger partial charge in [0, 0.05) is 19.3 Å². The van der Waals surface area contributed by atoms with E-state index in [0.29, 0.717) is 19.3 Å². The monoisotopic (exact) mass is 1110 g/mol. The second kappa shape index (κ2) is 58.8. The Hall–Kier alpha value is -4.38. The molecule has 0 saturated heterocycles. The van der Waals surface area contributed by atoms with Crippen molar-refractivity contribution in [1.82, 2.24) is 0 Å². The molecule has 0 aromatic carbocycles. The maximum atomic E-state index is 12.9. The van der Waals surface area contributed by atoms with Crippen molar-refractivity contribution in [3.63, 3.8) is 0 Å². The van der Waals surface area contributed by atoms with E-state index in [1.165, 1.54) is 77.0 Å². The number of hydrogen-bond acceptors (Lipinski definition) is 10. The molecule has 0 amide bonds. The zero-order valence-electron chi connectivity index (χ0n) is 48.8. The largest absolute Gasteiger partial charge is 0.472 e. The van der Waals surface area contributed by atoms with Gasteiger partial charge in [-0.05, 0) is 109 Å². The van der Waals surface area contributed by atoms with Gasteiger partial charge in [0.2, 0.25) is 0 Å². The van der Waals surface area contributed by atoms with Crippen LogP contribution < -0.4 is 0 Å². The van der Waals surface area contributed by atoms with Crippen LogP contribution in [0.1, 0.15) is 226 Å². The summed E-state index contributed by atoms with van der Waals surface area (Å²) in [5, 5.41) is 9.80. The maximum Gasteiger partial charge on any atom is 0.472 e. The van der Waals surface area contributed by atoms with Crippen LogP contribution in [0.25, 0.3) is 0 Å². The molecule has 0 aromatic rings. The van der Waals surface area contributed by atoms with Crippen LogP contribution in [-0.2, 0) is 42.2 Å². The first-order valence-electron chi connectivity index (χ1n) is 30.1. The van der Waals surface area contributed by atoms with Crippen molar-refractivity contribution < 1.29 is 52.2 Å². The second-order valence-electron chi connectivity index (χ2n) is 19.4. The Morgan fingerprint density at radius 1 is 0.372 bits per heavy atom. The van der Waals surface area contributed by atoms with Gasteiger partial charge in [0.25, 0.3) is 0 Å². The van der Waals surface area contributed by atoms with E-state index in [1.54, 1.807) is 0 Å². The molecule has 3 unspecified atom stereocenters.